The maximum absolute atomic E-state index is 11.8. The van der Waals surface area contributed by atoms with Crippen molar-refractivity contribution in [1.29, 1.82) is 0 Å². The largest absolute Gasteiger partial charge is 0.461 e. The van der Waals surface area contributed by atoms with Gasteiger partial charge in [-0.05, 0) is 0 Å². The number of carbonyl (C=O) groups excluding carboxylic acids is 2. The van der Waals surface area contributed by atoms with Crippen LogP contribution in [0.15, 0.2) is 21.9 Å². The fourth-order valence-electron chi connectivity index (χ4n) is 2.34. The molecule has 1 saturated heterocycles. The van der Waals surface area contributed by atoms with Crippen LogP contribution in [0.2, 0.25) is 0 Å². The van der Waals surface area contributed by atoms with Crippen LogP contribution in [0.4, 0.5) is 4.79 Å². The van der Waals surface area contributed by atoms with Gasteiger partial charge in [-0.1, -0.05) is 0 Å². The van der Waals surface area contributed by atoms with Gasteiger partial charge in [0.1, 0.15) is 12.3 Å². The van der Waals surface area contributed by atoms with Crippen LogP contribution in [-0.4, -0.2) is 46.3 Å². The Morgan fingerprint density at radius 1 is 1.38 bits per heavy atom. The number of carbonyl (C=O) groups is 2. The number of ether oxygens (including phenoxy) is 2. The highest BCUT2D eigenvalue weighted by molar-refractivity contribution is 5.69. The first-order chi connectivity index (χ1) is 9.92. The van der Waals surface area contributed by atoms with Gasteiger partial charge in [0.2, 0.25) is 0 Å². The van der Waals surface area contributed by atoms with Gasteiger partial charge in [-0.25, -0.2) is 9.59 Å². The summed E-state index contributed by atoms with van der Waals surface area (Å²) < 4.78 is 10.9. The highest BCUT2D eigenvalue weighted by atomic mass is 16.6. The normalized spacial score (nSPS) is 21.1. The van der Waals surface area contributed by atoms with Crippen LogP contribution >= 0.6 is 0 Å². The van der Waals surface area contributed by atoms with Crippen molar-refractivity contribution in [2.75, 3.05) is 13.7 Å². The number of likely N-dealkylation sites (tertiary alicyclic amines) is 1. The Morgan fingerprint density at radius 3 is 2.67 bits per heavy atom. The molecule has 0 saturated carbocycles. The van der Waals surface area contributed by atoms with Gasteiger partial charge in [0.15, 0.2) is 0 Å². The Morgan fingerprint density at radius 2 is 2.10 bits per heavy atom. The average Bonchev–Trinajstić information content (AvgIpc) is 2.80. The predicted octanol–water partition coefficient (Wildman–Crippen LogP) is -0.561. The number of amides is 1. The number of nitrogens with one attached hydrogen (secondary N) is 1. The van der Waals surface area contributed by atoms with Crippen molar-refractivity contribution in [2.24, 2.45) is 0 Å². The van der Waals surface area contributed by atoms with Crippen molar-refractivity contribution in [2.45, 2.75) is 25.6 Å². The molecule has 114 valence electrons. The summed E-state index contributed by atoms with van der Waals surface area (Å²) in [7, 11) is 1.22. The first kappa shape index (κ1) is 14.8. The van der Waals surface area contributed by atoms with Gasteiger partial charge < -0.3 is 9.47 Å². The average molecular weight is 297 g/mol. The molecule has 0 bridgehead atoms. The van der Waals surface area contributed by atoms with E-state index in [0.717, 1.165) is 0 Å². The fraction of sp³-hybridized carbons (Fsp3) is 0.500. The van der Waals surface area contributed by atoms with Gasteiger partial charge in [0.25, 0.3) is 5.56 Å². The number of hydrogen-bond acceptors (Lipinski definition) is 6. The summed E-state index contributed by atoms with van der Waals surface area (Å²) in [4.78, 5) is 49.1. The van der Waals surface area contributed by atoms with Crippen molar-refractivity contribution >= 4 is 12.1 Å². The second-order valence-electron chi connectivity index (χ2n) is 4.59. The Bertz CT molecular complexity index is 663. The summed E-state index contributed by atoms with van der Waals surface area (Å²) >= 11 is 0. The second kappa shape index (κ2) is 5.81. The lowest BCUT2D eigenvalue weighted by molar-refractivity contribution is -0.145. The molecule has 1 aliphatic rings. The van der Waals surface area contributed by atoms with Gasteiger partial charge in [-0.2, -0.15) is 0 Å². The van der Waals surface area contributed by atoms with Gasteiger partial charge >= 0.3 is 17.8 Å². The van der Waals surface area contributed by atoms with E-state index in [9.17, 15) is 19.2 Å². The number of aromatic nitrogens is 2. The predicted molar refractivity (Wildman–Crippen MR) is 69.6 cm³/mol. The SMILES string of the molecule is COC(=O)N1C[C@H](OC(C)=O)C[C@H]1n1ccc(=O)[nH]c1=O. The standard InChI is InChI=1S/C12H15N3O6/c1-7(16)21-8-5-10(15(6-8)12(19)20-2)14-4-3-9(17)13-11(14)18/h3-4,8,10H,5-6H2,1-2H3,(H,13,17,18)/t8-,10+/m1/s1. The third-order valence-corrected chi connectivity index (χ3v) is 3.15. The molecule has 2 rings (SSSR count). The van der Waals surface area contributed by atoms with Gasteiger partial charge in [0, 0.05) is 25.6 Å². The van der Waals surface area contributed by atoms with E-state index in [4.69, 9.17) is 4.74 Å². The molecule has 1 aliphatic heterocycles. The molecule has 1 aromatic rings. The van der Waals surface area contributed by atoms with Crippen molar-refractivity contribution < 1.29 is 19.1 Å². The summed E-state index contributed by atoms with van der Waals surface area (Å²) in [6.45, 7) is 1.38. The zero-order valence-corrected chi connectivity index (χ0v) is 11.6. The number of aromatic amines is 1. The third-order valence-electron chi connectivity index (χ3n) is 3.15. The lowest BCUT2D eigenvalue weighted by Gasteiger charge is -2.23. The van der Waals surface area contributed by atoms with Crippen molar-refractivity contribution in [3.8, 4) is 0 Å². The number of hydrogen-bond donors (Lipinski definition) is 1. The molecule has 1 N–H and O–H groups in total. The van der Waals surface area contributed by atoms with E-state index in [1.807, 2.05) is 0 Å². The zero-order valence-electron chi connectivity index (χ0n) is 11.6. The highest BCUT2D eigenvalue weighted by Crippen LogP contribution is 2.28. The monoisotopic (exact) mass is 297 g/mol. The van der Waals surface area contributed by atoms with E-state index in [0.29, 0.717) is 0 Å². The highest BCUT2D eigenvalue weighted by Gasteiger charge is 2.39. The quantitative estimate of drug-likeness (QED) is 0.732. The molecule has 0 spiro atoms. The molecule has 9 heteroatoms. The third kappa shape index (κ3) is 3.12. The minimum atomic E-state index is -0.689. The van der Waals surface area contributed by atoms with E-state index < -0.39 is 35.6 Å². The molecule has 0 aliphatic carbocycles. The minimum Gasteiger partial charge on any atom is -0.461 e. The lowest BCUT2D eigenvalue weighted by Crippen LogP contribution is -2.40. The molecule has 0 aromatic carbocycles. The summed E-state index contributed by atoms with van der Waals surface area (Å²) in [6, 6.07) is 1.18. The zero-order chi connectivity index (χ0) is 15.6. The first-order valence-corrected chi connectivity index (χ1v) is 6.25. The van der Waals surface area contributed by atoms with Crippen molar-refractivity contribution in [3.05, 3.63) is 33.1 Å². The van der Waals surface area contributed by atoms with E-state index in [1.54, 1.807) is 0 Å². The number of rotatable bonds is 2. The number of nitrogens with zero attached hydrogens (tertiary/aromatic N) is 2. The van der Waals surface area contributed by atoms with Crippen LogP contribution in [0.3, 0.4) is 0 Å². The van der Waals surface area contributed by atoms with E-state index in [-0.39, 0.29) is 13.0 Å². The van der Waals surface area contributed by atoms with Crippen LogP contribution < -0.4 is 11.2 Å². The molecule has 2 atom stereocenters. The van der Waals surface area contributed by atoms with E-state index in [1.165, 1.54) is 35.8 Å². The molecule has 21 heavy (non-hydrogen) atoms. The van der Waals surface area contributed by atoms with Crippen LogP contribution in [-0.2, 0) is 14.3 Å². The second-order valence-corrected chi connectivity index (χ2v) is 4.59. The molecular weight excluding hydrogens is 282 g/mol. The number of esters is 1. The molecule has 0 unspecified atom stereocenters. The maximum Gasteiger partial charge on any atom is 0.411 e. The van der Waals surface area contributed by atoms with Gasteiger partial charge in [0.05, 0.1) is 13.7 Å². The first-order valence-electron chi connectivity index (χ1n) is 6.25. The van der Waals surface area contributed by atoms with Crippen LogP contribution in [0.5, 0.6) is 0 Å². The maximum atomic E-state index is 11.8. The minimum absolute atomic E-state index is 0.114. The summed E-state index contributed by atoms with van der Waals surface area (Å²) in [5.74, 6) is -0.473. The lowest BCUT2D eigenvalue weighted by atomic mass is 10.3. The molecule has 9 nitrogen and oxygen atoms in total. The topological polar surface area (TPSA) is 111 Å². The van der Waals surface area contributed by atoms with Crippen molar-refractivity contribution in [3.63, 3.8) is 0 Å². The van der Waals surface area contributed by atoms with Gasteiger partial charge in [-0.15, -0.1) is 0 Å². The van der Waals surface area contributed by atoms with Crippen LogP contribution in [0.25, 0.3) is 0 Å². The molecule has 1 fully saturated rings. The van der Waals surface area contributed by atoms with Crippen LogP contribution in [0.1, 0.15) is 19.5 Å². The Labute approximate surface area is 119 Å². The molecule has 1 amide bonds. The van der Waals surface area contributed by atoms with E-state index >= 15 is 0 Å². The molecule has 1 aromatic heterocycles. The summed E-state index contributed by atoms with van der Waals surface area (Å²) in [5, 5.41) is 0. The summed E-state index contributed by atoms with van der Waals surface area (Å²) in [5.41, 5.74) is -1.18. The Hall–Kier alpha value is -2.58. The molecule has 2 heterocycles. The molecule has 0 radical (unpaired) electrons. The number of methoxy groups -OCH3 is 1. The molecular formula is C12H15N3O6. The van der Waals surface area contributed by atoms with Crippen molar-refractivity contribution in [1.82, 2.24) is 14.5 Å². The van der Waals surface area contributed by atoms with Crippen LogP contribution in [0, 0.1) is 0 Å². The van der Waals surface area contributed by atoms with Gasteiger partial charge in [-0.3, -0.25) is 24.0 Å². The number of H-pyrrole nitrogens is 1. The summed E-state index contributed by atoms with van der Waals surface area (Å²) in [6.07, 6.45) is -0.345. The Balaban J connectivity index is 2.33. The fourth-order valence-corrected chi connectivity index (χ4v) is 2.34. The smallest absolute Gasteiger partial charge is 0.411 e. The Kier molecular flexibility index (Phi) is 4.10. The van der Waals surface area contributed by atoms with E-state index in [2.05, 4.69) is 9.72 Å².